The van der Waals surface area contributed by atoms with Gasteiger partial charge in [-0.2, -0.15) is 0 Å². The maximum atomic E-state index is 12.9. The van der Waals surface area contributed by atoms with Gasteiger partial charge in [0.1, 0.15) is 17.9 Å². The van der Waals surface area contributed by atoms with Crippen LogP contribution in [0.25, 0.3) is 6.08 Å². The van der Waals surface area contributed by atoms with Gasteiger partial charge in [0.25, 0.3) is 0 Å². The summed E-state index contributed by atoms with van der Waals surface area (Å²) in [5, 5.41) is 0. The highest BCUT2D eigenvalue weighted by molar-refractivity contribution is 5.80. The molecule has 0 N–H and O–H groups in total. The van der Waals surface area contributed by atoms with E-state index in [1.54, 1.807) is 0 Å². The van der Waals surface area contributed by atoms with E-state index in [0.717, 1.165) is 18.2 Å². The molecule has 13 heavy (non-hydrogen) atoms. The van der Waals surface area contributed by atoms with Gasteiger partial charge >= 0.3 is 0 Å². The second kappa shape index (κ2) is 3.94. The normalized spacial score (nSPS) is 11.5. The van der Waals surface area contributed by atoms with E-state index in [0.29, 0.717) is 11.9 Å². The van der Waals surface area contributed by atoms with Crippen LogP contribution in [0.3, 0.4) is 0 Å². The number of halogens is 2. The third kappa shape index (κ3) is 2.47. The molecule has 1 aromatic carbocycles. The molecule has 3 heteroatoms. The minimum Gasteiger partial charge on any atom is -0.298 e. The smallest absolute Gasteiger partial charge is 0.145 e. The first-order chi connectivity index (χ1) is 6.13. The predicted octanol–water partition coefficient (Wildman–Crippen LogP) is 2.57. The molecule has 0 spiro atoms. The van der Waals surface area contributed by atoms with Crippen molar-refractivity contribution < 1.29 is 13.6 Å². The molecule has 0 unspecified atom stereocenters. The molecule has 0 aliphatic rings. The van der Waals surface area contributed by atoms with Gasteiger partial charge in [-0.1, -0.05) is 0 Å². The van der Waals surface area contributed by atoms with Gasteiger partial charge in [0.05, 0.1) is 0 Å². The van der Waals surface area contributed by atoms with E-state index in [2.05, 4.69) is 0 Å². The van der Waals surface area contributed by atoms with Crippen LogP contribution in [0.1, 0.15) is 12.5 Å². The minimum absolute atomic E-state index is 0.0876. The fraction of sp³-hybridized carbons (Fsp3) is 0.100. The Kier molecular flexibility index (Phi) is 2.90. The van der Waals surface area contributed by atoms with Crippen LogP contribution in [0.2, 0.25) is 0 Å². The van der Waals surface area contributed by atoms with Crippen LogP contribution in [0.15, 0.2) is 23.8 Å². The van der Waals surface area contributed by atoms with E-state index in [9.17, 15) is 13.6 Å². The third-order valence-corrected chi connectivity index (χ3v) is 1.53. The van der Waals surface area contributed by atoms with E-state index in [1.807, 2.05) is 0 Å². The molecule has 1 aromatic rings. The number of hydrogen-bond donors (Lipinski definition) is 0. The van der Waals surface area contributed by atoms with Crippen LogP contribution in [0, 0.1) is 11.6 Å². The molecule has 0 saturated carbocycles. The zero-order valence-electron chi connectivity index (χ0n) is 7.05. The lowest BCUT2D eigenvalue weighted by Gasteiger charge is -1.97. The van der Waals surface area contributed by atoms with Gasteiger partial charge in [0.15, 0.2) is 0 Å². The third-order valence-electron chi connectivity index (χ3n) is 1.53. The first-order valence-electron chi connectivity index (χ1n) is 3.72. The number of allylic oxidation sites excluding steroid dienone is 1. The van der Waals surface area contributed by atoms with Crippen LogP contribution >= 0.6 is 0 Å². The van der Waals surface area contributed by atoms with Crippen LogP contribution in [0.5, 0.6) is 0 Å². The molecule has 0 radical (unpaired) electrons. The van der Waals surface area contributed by atoms with Gasteiger partial charge in [-0.15, -0.1) is 0 Å². The molecule has 0 saturated heterocycles. The number of carbonyl (C=O) groups is 1. The quantitative estimate of drug-likeness (QED) is 0.507. The van der Waals surface area contributed by atoms with Crippen LogP contribution in [0.4, 0.5) is 8.78 Å². The van der Waals surface area contributed by atoms with Crippen LogP contribution < -0.4 is 0 Å². The SMILES string of the molecule is C/C(C=O)=C/c1cc(F)ccc1F. The summed E-state index contributed by atoms with van der Waals surface area (Å²) in [5.41, 5.74) is 0.439. The molecule has 1 rings (SSSR count). The van der Waals surface area contributed by atoms with Gasteiger partial charge in [-0.05, 0) is 36.8 Å². The summed E-state index contributed by atoms with van der Waals surface area (Å²) in [7, 11) is 0. The monoisotopic (exact) mass is 182 g/mol. The first kappa shape index (κ1) is 9.58. The average Bonchev–Trinajstić information content (AvgIpc) is 2.11. The summed E-state index contributed by atoms with van der Waals surface area (Å²) in [6.07, 6.45) is 1.88. The lowest BCUT2D eigenvalue weighted by molar-refractivity contribution is -0.104. The van der Waals surface area contributed by atoms with Crippen LogP contribution in [-0.2, 0) is 4.79 Å². The van der Waals surface area contributed by atoms with Crippen LogP contribution in [-0.4, -0.2) is 6.29 Å². The molecule has 0 atom stereocenters. The summed E-state index contributed by atoms with van der Waals surface area (Å²) in [4.78, 5) is 10.2. The van der Waals surface area contributed by atoms with E-state index < -0.39 is 11.6 Å². The van der Waals surface area contributed by atoms with Gasteiger partial charge in [-0.25, -0.2) is 8.78 Å². The Labute approximate surface area is 74.7 Å². The second-order valence-electron chi connectivity index (χ2n) is 2.67. The fourth-order valence-electron chi connectivity index (χ4n) is 0.905. The molecule has 0 fully saturated rings. The number of benzene rings is 1. The molecular weight excluding hydrogens is 174 g/mol. The summed E-state index contributed by atoms with van der Waals surface area (Å²) in [6.45, 7) is 1.53. The van der Waals surface area contributed by atoms with Gasteiger partial charge in [0.2, 0.25) is 0 Å². The molecule has 0 heterocycles. The standard InChI is InChI=1S/C10H8F2O/c1-7(6-13)4-8-5-9(11)2-3-10(8)12/h2-6H,1H3/b7-4-. The summed E-state index contributed by atoms with van der Waals surface area (Å²) in [6, 6.07) is 3.10. The summed E-state index contributed by atoms with van der Waals surface area (Å²) in [5.74, 6) is -1.06. The Morgan fingerprint density at radius 2 is 2.08 bits per heavy atom. The largest absolute Gasteiger partial charge is 0.298 e. The Hall–Kier alpha value is -1.51. The molecular formula is C10H8F2O. The van der Waals surface area contributed by atoms with Crippen molar-refractivity contribution in [3.63, 3.8) is 0 Å². The van der Waals surface area contributed by atoms with E-state index in [4.69, 9.17) is 0 Å². The molecule has 0 aliphatic carbocycles. The maximum absolute atomic E-state index is 12.9. The lowest BCUT2D eigenvalue weighted by atomic mass is 10.1. The van der Waals surface area contributed by atoms with Gasteiger partial charge in [-0.3, -0.25) is 4.79 Å². The molecule has 1 nitrogen and oxygen atoms in total. The van der Waals surface area contributed by atoms with Crippen molar-refractivity contribution in [2.75, 3.05) is 0 Å². The number of carbonyl (C=O) groups excluding carboxylic acids is 1. The van der Waals surface area contributed by atoms with E-state index in [1.165, 1.54) is 13.0 Å². The zero-order chi connectivity index (χ0) is 9.84. The van der Waals surface area contributed by atoms with Crippen molar-refractivity contribution in [3.05, 3.63) is 41.0 Å². The number of rotatable bonds is 2. The molecule has 0 bridgehead atoms. The van der Waals surface area contributed by atoms with Crippen molar-refractivity contribution in [3.8, 4) is 0 Å². The van der Waals surface area contributed by atoms with Gasteiger partial charge < -0.3 is 0 Å². The zero-order valence-corrected chi connectivity index (χ0v) is 7.05. The summed E-state index contributed by atoms with van der Waals surface area (Å²) >= 11 is 0. The number of aldehydes is 1. The molecule has 68 valence electrons. The molecule has 0 amide bonds. The highest BCUT2D eigenvalue weighted by atomic mass is 19.1. The fourth-order valence-corrected chi connectivity index (χ4v) is 0.905. The Morgan fingerprint density at radius 3 is 2.69 bits per heavy atom. The Balaban J connectivity index is 3.13. The van der Waals surface area contributed by atoms with Crippen molar-refractivity contribution in [1.82, 2.24) is 0 Å². The molecule has 0 aliphatic heterocycles. The lowest BCUT2D eigenvalue weighted by Crippen LogP contribution is -1.86. The second-order valence-corrected chi connectivity index (χ2v) is 2.67. The predicted molar refractivity (Wildman–Crippen MR) is 46.1 cm³/mol. The molecule has 0 aromatic heterocycles. The van der Waals surface area contributed by atoms with Crippen molar-refractivity contribution >= 4 is 12.4 Å². The van der Waals surface area contributed by atoms with Crippen molar-refractivity contribution in [1.29, 1.82) is 0 Å². The average molecular weight is 182 g/mol. The Morgan fingerprint density at radius 1 is 1.38 bits per heavy atom. The van der Waals surface area contributed by atoms with Gasteiger partial charge in [0, 0.05) is 5.56 Å². The van der Waals surface area contributed by atoms with Crippen molar-refractivity contribution in [2.45, 2.75) is 6.92 Å². The Bertz CT molecular complexity index is 356. The van der Waals surface area contributed by atoms with Crippen molar-refractivity contribution in [2.24, 2.45) is 0 Å². The maximum Gasteiger partial charge on any atom is 0.145 e. The highest BCUT2D eigenvalue weighted by Crippen LogP contribution is 2.12. The number of hydrogen-bond acceptors (Lipinski definition) is 1. The minimum atomic E-state index is -0.539. The topological polar surface area (TPSA) is 17.1 Å². The van der Waals surface area contributed by atoms with E-state index >= 15 is 0 Å². The summed E-state index contributed by atoms with van der Waals surface area (Å²) < 4.78 is 25.6. The first-order valence-corrected chi connectivity index (χ1v) is 3.72. The van der Waals surface area contributed by atoms with E-state index in [-0.39, 0.29) is 5.56 Å². The highest BCUT2D eigenvalue weighted by Gasteiger charge is 2.00.